The molecule has 3 heteroatoms. The van der Waals surface area contributed by atoms with Gasteiger partial charge in [0.15, 0.2) is 0 Å². The first-order chi connectivity index (χ1) is 7.29. The van der Waals surface area contributed by atoms with E-state index in [9.17, 15) is 4.79 Å². The van der Waals surface area contributed by atoms with Crippen LogP contribution < -0.4 is 4.74 Å². The van der Waals surface area contributed by atoms with E-state index >= 15 is 0 Å². The van der Waals surface area contributed by atoms with Gasteiger partial charge in [-0.3, -0.25) is 0 Å². The Bertz CT molecular complexity index is 557. The molecule has 1 aromatic heterocycles. The minimum absolute atomic E-state index is 0.509. The summed E-state index contributed by atoms with van der Waals surface area (Å²) in [5.41, 5.74) is 1.01. The molecule has 15 heavy (non-hydrogen) atoms. The van der Waals surface area contributed by atoms with Crippen LogP contribution in [0.25, 0.3) is 10.9 Å². The fourth-order valence-electron chi connectivity index (χ4n) is 1.33. The van der Waals surface area contributed by atoms with Crippen LogP contribution in [-0.2, 0) is 4.79 Å². The van der Waals surface area contributed by atoms with Crippen LogP contribution in [-0.4, -0.2) is 11.0 Å². The van der Waals surface area contributed by atoms with E-state index < -0.39 is 5.97 Å². The first kappa shape index (κ1) is 9.35. The Morgan fingerprint density at radius 3 is 3.07 bits per heavy atom. The van der Waals surface area contributed by atoms with Crippen molar-refractivity contribution in [3.63, 3.8) is 0 Å². The lowest BCUT2D eigenvalue weighted by Crippen LogP contribution is -2.03. The molecule has 0 saturated heterocycles. The number of hydrogen-bond acceptors (Lipinski definition) is 2. The maximum Gasteiger partial charge on any atom is 0.389 e. The number of nitrogens with one attached hydrogen (secondary N) is 1. The van der Waals surface area contributed by atoms with Crippen molar-refractivity contribution in [3.8, 4) is 17.6 Å². The van der Waals surface area contributed by atoms with Crippen molar-refractivity contribution in [2.24, 2.45) is 0 Å². The molecule has 0 spiro atoms. The zero-order valence-corrected chi connectivity index (χ0v) is 8.20. The van der Waals surface area contributed by atoms with Crippen molar-refractivity contribution in [1.82, 2.24) is 4.98 Å². The Balaban J connectivity index is 2.27. The highest BCUT2D eigenvalue weighted by Crippen LogP contribution is 2.19. The molecular weight excluding hydrogens is 190 g/mol. The van der Waals surface area contributed by atoms with Crippen molar-refractivity contribution >= 4 is 16.9 Å². The fourth-order valence-corrected chi connectivity index (χ4v) is 1.33. The van der Waals surface area contributed by atoms with Crippen LogP contribution in [0.3, 0.4) is 0 Å². The quantitative estimate of drug-likeness (QED) is 0.331. The Morgan fingerprint density at radius 2 is 2.27 bits per heavy atom. The average Bonchev–Trinajstić information content (AvgIpc) is 2.65. The van der Waals surface area contributed by atoms with Crippen molar-refractivity contribution in [2.75, 3.05) is 0 Å². The lowest BCUT2D eigenvalue weighted by atomic mass is 10.2. The van der Waals surface area contributed by atoms with Gasteiger partial charge in [-0.25, -0.2) is 4.79 Å². The second-order valence-corrected chi connectivity index (χ2v) is 2.99. The summed E-state index contributed by atoms with van der Waals surface area (Å²) in [6.07, 6.45) is 1.84. The Labute approximate surface area is 87.1 Å². The topological polar surface area (TPSA) is 42.1 Å². The van der Waals surface area contributed by atoms with Gasteiger partial charge < -0.3 is 9.72 Å². The number of rotatable bonds is 1. The largest absolute Gasteiger partial charge is 0.417 e. The third-order valence-corrected chi connectivity index (χ3v) is 1.96. The number of carbonyl (C=O) groups is 1. The van der Waals surface area contributed by atoms with Gasteiger partial charge in [0.1, 0.15) is 5.75 Å². The van der Waals surface area contributed by atoms with E-state index in [0.29, 0.717) is 5.75 Å². The molecule has 74 valence electrons. The van der Waals surface area contributed by atoms with Gasteiger partial charge >= 0.3 is 5.97 Å². The van der Waals surface area contributed by atoms with Crippen LogP contribution in [0, 0.1) is 11.8 Å². The summed E-state index contributed by atoms with van der Waals surface area (Å²) >= 11 is 0. The van der Waals surface area contributed by atoms with Crippen LogP contribution in [0.5, 0.6) is 5.75 Å². The number of H-pyrrole nitrogens is 1. The lowest BCUT2D eigenvalue weighted by Gasteiger charge is -1.99. The maximum absolute atomic E-state index is 11.1. The fraction of sp³-hybridized carbons (Fsp3) is 0.0833. The molecule has 3 nitrogen and oxygen atoms in total. The van der Waals surface area contributed by atoms with Crippen molar-refractivity contribution in [2.45, 2.75) is 6.92 Å². The molecule has 0 fully saturated rings. The third-order valence-electron chi connectivity index (χ3n) is 1.96. The van der Waals surface area contributed by atoms with Crippen LogP contribution in [0.2, 0.25) is 0 Å². The molecule has 1 aromatic carbocycles. The Kier molecular flexibility index (Phi) is 2.42. The second kappa shape index (κ2) is 3.89. The molecule has 0 bridgehead atoms. The van der Waals surface area contributed by atoms with Gasteiger partial charge in [0.25, 0.3) is 0 Å². The van der Waals surface area contributed by atoms with Crippen LogP contribution in [0.4, 0.5) is 0 Å². The van der Waals surface area contributed by atoms with E-state index in [0.717, 1.165) is 10.9 Å². The summed E-state index contributed by atoms with van der Waals surface area (Å²) in [7, 11) is 0. The third kappa shape index (κ3) is 2.00. The van der Waals surface area contributed by atoms with E-state index in [1.54, 1.807) is 19.1 Å². The standard InChI is InChI=1S/C12H9NO2/c1-2-3-12(14)15-10-4-5-11-9(8-10)6-7-13-11/h4-8,13H,1H3. The summed E-state index contributed by atoms with van der Waals surface area (Å²) in [5, 5.41) is 1.00. The molecule has 0 aliphatic carbocycles. The summed E-state index contributed by atoms with van der Waals surface area (Å²) in [5.74, 6) is 4.78. The van der Waals surface area contributed by atoms with Crippen molar-refractivity contribution in [1.29, 1.82) is 0 Å². The molecule has 0 unspecified atom stereocenters. The van der Waals surface area contributed by atoms with Gasteiger partial charge in [-0.2, -0.15) is 0 Å². The first-order valence-corrected chi connectivity index (χ1v) is 4.51. The number of aromatic amines is 1. The van der Waals surface area contributed by atoms with E-state index in [4.69, 9.17) is 4.74 Å². The van der Waals surface area contributed by atoms with E-state index in [-0.39, 0.29) is 0 Å². The lowest BCUT2D eigenvalue weighted by molar-refractivity contribution is -0.128. The van der Waals surface area contributed by atoms with Crippen molar-refractivity contribution in [3.05, 3.63) is 30.5 Å². The highest BCUT2D eigenvalue weighted by atomic mass is 16.5. The molecule has 0 amide bonds. The first-order valence-electron chi connectivity index (χ1n) is 4.51. The number of esters is 1. The number of aromatic nitrogens is 1. The molecule has 0 atom stereocenters. The number of benzene rings is 1. The molecule has 1 heterocycles. The number of fused-ring (bicyclic) bond motifs is 1. The van der Waals surface area contributed by atoms with E-state index in [1.165, 1.54) is 0 Å². The zero-order chi connectivity index (χ0) is 10.7. The van der Waals surface area contributed by atoms with Gasteiger partial charge in [-0.05, 0) is 31.2 Å². The molecule has 0 aliphatic rings. The van der Waals surface area contributed by atoms with E-state index in [1.807, 2.05) is 18.3 Å². The average molecular weight is 199 g/mol. The van der Waals surface area contributed by atoms with Crippen LogP contribution in [0.15, 0.2) is 30.5 Å². The monoisotopic (exact) mass is 199 g/mol. The number of carbonyl (C=O) groups excluding carboxylic acids is 1. The number of hydrogen-bond donors (Lipinski definition) is 1. The Morgan fingerprint density at radius 1 is 1.40 bits per heavy atom. The highest BCUT2D eigenvalue weighted by Gasteiger charge is 2.01. The molecule has 0 aliphatic heterocycles. The van der Waals surface area contributed by atoms with Gasteiger partial charge in [0.05, 0.1) is 0 Å². The smallest absolute Gasteiger partial charge is 0.389 e. The molecule has 0 saturated carbocycles. The van der Waals surface area contributed by atoms with Crippen LogP contribution >= 0.6 is 0 Å². The normalized spacial score (nSPS) is 9.40. The zero-order valence-electron chi connectivity index (χ0n) is 8.20. The van der Waals surface area contributed by atoms with Gasteiger partial charge in [0.2, 0.25) is 0 Å². The Hall–Kier alpha value is -2.21. The van der Waals surface area contributed by atoms with Gasteiger partial charge in [-0.15, -0.1) is 0 Å². The van der Waals surface area contributed by atoms with Gasteiger partial charge in [-0.1, -0.05) is 5.92 Å². The summed E-state index contributed by atoms with van der Waals surface area (Å²) in [4.78, 5) is 14.1. The van der Waals surface area contributed by atoms with Crippen molar-refractivity contribution < 1.29 is 9.53 Å². The predicted octanol–water partition coefficient (Wildman–Crippen LogP) is 2.10. The summed E-state index contributed by atoms with van der Waals surface area (Å²) in [6.45, 7) is 1.59. The SMILES string of the molecule is CC#CC(=O)Oc1ccc2[nH]ccc2c1. The van der Waals surface area contributed by atoms with E-state index in [2.05, 4.69) is 16.8 Å². The van der Waals surface area contributed by atoms with Crippen LogP contribution in [0.1, 0.15) is 6.92 Å². The molecule has 1 N–H and O–H groups in total. The minimum Gasteiger partial charge on any atom is -0.417 e. The summed E-state index contributed by atoms with van der Waals surface area (Å²) in [6, 6.07) is 7.30. The number of ether oxygens (including phenoxy) is 1. The highest BCUT2D eigenvalue weighted by molar-refractivity contribution is 5.91. The maximum atomic E-state index is 11.1. The molecule has 2 aromatic rings. The predicted molar refractivity (Wildman–Crippen MR) is 57.4 cm³/mol. The van der Waals surface area contributed by atoms with Gasteiger partial charge in [0, 0.05) is 23.0 Å². The second-order valence-electron chi connectivity index (χ2n) is 2.99. The molecule has 2 rings (SSSR count). The molecular formula is C12H9NO2. The molecule has 0 radical (unpaired) electrons. The summed E-state index contributed by atoms with van der Waals surface area (Å²) < 4.78 is 5.01. The minimum atomic E-state index is -0.535.